The first kappa shape index (κ1) is 16.4. The standard InChI is InChI=1S/C21H22FN5/c1-12-10-27-11-16(9-19(27)13(2)24-12)15-7-17(22)20-18(8-15)25-21(26-20)14-3-5-23-6-4-14/h7-11,14,23H,3-6H2,1-2H3,(H,25,26). The second-order valence-corrected chi connectivity index (χ2v) is 7.49. The summed E-state index contributed by atoms with van der Waals surface area (Å²) in [5.74, 6) is 1.02. The summed E-state index contributed by atoms with van der Waals surface area (Å²) >= 11 is 0. The highest BCUT2D eigenvalue weighted by Gasteiger charge is 2.20. The Balaban J connectivity index is 1.60. The van der Waals surface area contributed by atoms with Crippen LogP contribution in [0.3, 0.4) is 0 Å². The molecule has 6 heteroatoms. The molecule has 5 nitrogen and oxygen atoms in total. The van der Waals surface area contributed by atoms with Crippen molar-refractivity contribution in [2.24, 2.45) is 0 Å². The summed E-state index contributed by atoms with van der Waals surface area (Å²) in [6.07, 6.45) is 6.08. The van der Waals surface area contributed by atoms with Crippen LogP contribution < -0.4 is 5.32 Å². The van der Waals surface area contributed by atoms with Crippen LogP contribution in [0.15, 0.2) is 30.6 Å². The molecule has 138 valence electrons. The first-order valence-corrected chi connectivity index (χ1v) is 9.45. The van der Waals surface area contributed by atoms with E-state index >= 15 is 0 Å². The van der Waals surface area contributed by atoms with Crippen molar-refractivity contribution in [3.63, 3.8) is 0 Å². The predicted octanol–water partition coefficient (Wildman–Crippen LogP) is 4.10. The number of hydrogen-bond acceptors (Lipinski definition) is 3. The Morgan fingerprint density at radius 1 is 1.04 bits per heavy atom. The number of rotatable bonds is 2. The summed E-state index contributed by atoms with van der Waals surface area (Å²) in [6.45, 7) is 5.94. The number of H-pyrrole nitrogens is 1. The van der Waals surface area contributed by atoms with Crippen molar-refractivity contribution in [3.05, 3.63) is 53.6 Å². The van der Waals surface area contributed by atoms with Crippen LogP contribution >= 0.6 is 0 Å². The number of fused-ring (bicyclic) bond motifs is 2. The van der Waals surface area contributed by atoms with E-state index in [2.05, 4.69) is 25.8 Å². The first-order valence-electron chi connectivity index (χ1n) is 9.45. The van der Waals surface area contributed by atoms with E-state index < -0.39 is 0 Å². The van der Waals surface area contributed by atoms with Gasteiger partial charge in [-0.1, -0.05) is 0 Å². The molecule has 1 saturated heterocycles. The van der Waals surface area contributed by atoms with Gasteiger partial charge in [-0.2, -0.15) is 0 Å². The lowest BCUT2D eigenvalue weighted by molar-refractivity contribution is 0.448. The number of imidazole rings is 1. The minimum absolute atomic E-state index is 0.253. The Hall–Kier alpha value is -2.73. The maximum atomic E-state index is 14.8. The van der Waals surface area contributed by atoms with Crippen LogP contribution in [0.4, 0.5) is 4.39 Å². The normalized spacial score (nSPS) is 15.8. The zero-order valence-electron chi connectivity index (χ0n) is 15.5. The van der Waals surface area contributed by atoms with E-state index in [4.69, 9.17) is 4.98 Å². The van der Waals surface area contributed by atoms with Crippen LogP contribution in [0.25, 0.3) is 27.7 Å². The Morgan fingerprint density at radius 2 is 1.85 bits per heavy atom. The third kappa shape index (κ3) is 2.80. The Bertz CT molecular complexity index is 1150. The van der Waals surface area contributed by atoms with Crippen LogP contribution in [0.2, 0.25) is 0 Å². The van der Waals surface area contributed by atoms with E-state index in [0.717, 1.165) is 59.8 Å². The summed E-state index contributed by atoms with van der Waals surface area (Å²) in [4.78, 5) is 12.5. The van der Waals surface area contributed by atoms with Gasteiger partial charge in [0, 0.05) is 23.9 Å². The Kier molecular flexibility index (Phi) is 3.75. The van der Waals surface area contributed by atoms with Crippen molar-refractivity contribution < 1.29 is 4.39 Å². The minimum Gasteiger partial charge on any atom is -0.339 e. The molecule has 0 atom stereocenters. The monoisotopic (exact) mass is 363 g/mol. The Labute approximate surface area is 156 Å². The van der Waals surface area contributed by atoms with Crippen LogP contribution in [0.5, 0.6) is 0 Å². The molecule has 0 radical (unpaired) electrons. The fraction of sp³-hybridized carbons (Fsp3) is 0.333. The highest BCUT2D eigenvalue weighted by molar-refractivity contribution is 5.84. The zero-order valence-corrected chi connectivity index (χ0v) is 15.5. The summed E-state index contributed by atoms with van der Waals surface area (Å²) in [7, 11) is 0. The number of benzene rings is 1. The van der Waals surface area contributed by atoms with Gasteiger partial charge in [0.15, 0.2) is 0 Å². The van der Waals surface area contributed by atoms with Gasteiger partial charge >= 0.3 is 0 Å². The Morgan fingerprint density at radius 3 is 2.67 bits per heavy atom. The second kappa shape index (κ2) is 6.16. The fourth-order valence-electron chi connectivity index (χ4n) is 4.13. The molecule has 3 aromatic heterocycles. The lowest BCUT2D eigenvalue weighted by Gasteiger charge is -2.20. The number of aromatic amines is 1. The minimum atomic E-state index is -0.253. The van der Waals surface area contributed by atoms with Gasteiger partial charge in [0.1, 0.15) is 17.2 Å². The number of aryl methyl sites for hydroxylation is 2. The largest absolute Gasteiger partial charge is 0.339 e. The summed E-state index contributed by atoms with van der Waals surface area (Å²) < 4.78 is 16.9. The van der Waals surface area contributed by atoms with Gasteiger partial charge in [0.2, 0.25) is 0 Å². The molecule has 0 aliphatic carbocycles. The van der Waals surface area contributed by atoms with Gasteiger partial charge in [-0.05, 0) is 63.5 Å². The van der Waals surface area contributed by atoms with Crippen LogP contribution in [0.1, 0.15) is 36.0 Å². The molecule has 0 saturated carbocycles. The number of nitrogens with zero attached hydrogens (tertiary/aromatic N) is 3. The molecule has 0 spiro atoms. The molecule has 5 rings (SSSR count). The molecule has 1 aliphatic rings. The molecule has 2 N–H and O–H groups in total. The van der Waals surface area contributed by atoms with Gasteiger partial charge in [-0.3, -0.25) is 4.98 Å². The van der Waals surface area contributed by atoms with E-state index in [-0.39, 0.29) is 5.82 Å². The molecule has 1 aromatic carbocycles. The summed E-state index contributed by atoms with van der Waals surface area (Å²) in [5, 5.41) is 3.36. The third-order valence-electron chi connectivity index (χ3n) is 5.51. The van der Waals surface area contributed by atoms with Crippen molar-refractivity contribution in [2.45, 2.75) is 32.6 Å². The predicted molar refractivity (Wildman–Crippen MR) is 105 cm³/mol. The number of halogens is 1. The summed E-state index contributed by atoms with van der Waals surface area (Å²) in [5.41, 5.74) is 5.97. The number of hydrogen-bond donors (Lipinski definition) is 2. The van der Waals surface area contributed by atoms with Crippen molar-refractivity contribution >= 4 is 16.6 Å². The van der Waals surface area contributed by atoms with Gasteiger partial charge in [-0.25, -0.2) is 9.37 Å². The lowest BCUT2D eigenvalue weighted by Crippen LogP contribution is -2.27. The van der Waals surface area contributed by atoms with Gasteiger partial charge in [-0.15, -0.1) is 0 Å². The van der Waals surface area contributed by atoms with Crippen LogP contribution in [0, 0.1) is 19.7 Å². The first-order chi connectivity index (χ1) is 13.1. The highest BCUT2D eigenvalue weighted by atomic mass is 19.1. The topological polar surface area (TPSA) is 58.0 Å². The molecule has 1 aliphatic heterocycles. The smallest absolute Gasteiger partial charge is 0.149 e. The van der Waals surface area contributed by atoms with Crippen molar-refractivity contribution in [1.82, 2.24) is 24.7 Å². The van der Waals surface area contributed by atoms with E-state index in [1.807, 2.05) is 32.3 Å². The van der Waals surface area contributed by atoms with Gasteiger partial charge in [0.05, 0.1) is 22.4 Å². The average molecular weight is 363 g/mol. The SMILES string of the molecule is Cc1cn2cc(-c3cc(F)c4[nH]c(C5CCNCC5)nc4c3)cc2c(C)n1. The zero-order chi connectivity index (χ0) is 18.5. The fourth-order valence-corrected chi connectivity index (χ4v) is 4.13. The quantitative estimate of drug-likeness (QED) is 0.564. The van der Waals surface area contributed by atoms with Crippen LogP contribution in [-0.4, -0.2) is 32.4 Å². The molecule has 0 unspecified atom stereocenters. The van der Waals surface area contributed by atoms with E-state index in [9.17, 15) is 4.39 Å². The molecule has 4 heterocycles. The van der Waals surface area contributed by atoms with Gasteiger partial charge < -0.3 is 14.7 Å². The average Bonchev–Trinajstić information content (AvgIpc) is 3.27. The maximum absolute atomic E-state index is 14.8. The van der Waals surface area contributed by atoms with E-state index in [1.54, 1.807) is 6.07 Å². The molecule has 4 aromatic rings. The molecular weight excluding hydrogens is 341 g/mol. The lowest BCUT2D eigenvalue weighted by atomic mass is 9.98. The van der Waals surface area contributed by atoms with E-state index in [0.29, 0.717) is 17.0 Å². The highest BCUT2D eigenvalue weighted by Crippen LogP contribution is 2.31. The number of aromatic nitrogens is 4. The van der Waals surface area contributed by atoms with Crippen LogP contribution in [-0.2, 0) is 0 Å². The molecule has 0 bridgehead atoms. The maximum Gasteiger partial charge on any atom is 0.149 e. The van der Waals surface area contributed by atoms with Crippen molar-refractivity contribution in [3.8, 4) is 11.1 Å². The third-order valence-corrected chi connectivity index (χ3v) is 5.51. The number of nitrogens with one attached hydrogen (secondary N) is 2. The van der Waals surface area contributed by atoms with Crippen molar-refractivity contribution in [1.29, 1.82) is 0 Å². The van der Waals surface area contributed by atoms with Crippen molar-refractivity contribution in [2.75, 3.05) is 13.1 Å². The van der Waals surface area contributed by atoms with E-state index in [1.165, 1.54) is 0 Å². The summed E-state index contributed by atoms with van der Waals surface area (Å²) in [6, 6.07) is 5.63. The molecule has 1 fully saturated rings. The molecule has 0 amide bonds. The molecular formula is C21H22FN5. The molecule has 27 heavy (non-hydrogen) atoms. The number of piperidine rings is 1. The second-order valence-electron chi connectivity index (χ2n) is 7.49. The van der Waals surface area contributed by atoms with Gasteiger partial charge in [0.25, 0.3) is 0 Å².